The molecule has 19 heavy (non-hydrogen) atoms. The minimum atomic E-state index is -1.04. The number of aromatic nitrogens is 3. The lowest BCUT2D eigenvalue weighted by molar-refractivity contribution is 0.00489. The molecule has 1 N–H and O–H groups in total. The van der Waals surface area contributed by atoms with Crippen molar-refractivity contribution in [1.29, 1.82) is 0 Å². The number of nitrogens with zero attached hydrogens (tertiary/aromatic N) is 4. The van der Waals surface area contributed by atoms with Crippen molar-refractivity contribution in [2.45, 2.75) is 32.4 Å². The zero-order valence-corrected chi connectivity index (χ0v) is 11.2. The van der Waals surface area contributed by atoms with E-state index in [-0.39, 0.29) is 5.69 Å². The van der Waals surface area contributed by atoms with Crippen molar-refractivity contribution in [3.8, 4) is 0 Å². The lowest BCUT2D eigenvalue weighted by Crippen LogP contribution is -2.41. The molecule has 1 aliphatic rings. The van der Waals surface area contributed by atoms with Crippen LogP contribution in [0.2, 0.25) is 0 Å². The van der Waals surface area contributed by atoms with Gasteiger partial charge in [-0.1, -0.05) is 5.21 Å². The average molecular weight is 268 g/mol. The first-order valence-electron chi connectivity index (χ1n) is 6.66. The van der Waals surface area contributed by atoms with Gasteiger partial charge in [-0.2, -0.15) is 0 Å². The van der Waals surface area contributed by atoms with E-state index in [0.717, 1.165) is 39.1 Å². The van der Waals surface area contributed by atoms with Crippen LogP contribution in [-0.2, 0) is 11.3 Å². The van der Waals surface area contributed by atoms with Gasteiger partial charge in [-0.15, -0.1) is 5.10 Å². The van der Waals surface area contributed by atoms with Crippen LogP contribution in [0.4, 0.5) is 0 Å². The minimum Gasteiger partial charge on any atom is -0.476 e. The van der Waals surface area contributed by atoms with Gasteiger partial charge in [0.25, 0.3) is 0 Å². The Labute approximate surface area is 112 Å². The Morgan fingerprint density at radius 2 is 2.42 bits per heavy atom. The Balaban J connectivity index is 1.79. The maximum atomic E-state index is 10.7. The molecule has 1 aliphatic heterocycles. The molecule has 1 saturated heterocycles. The number of rotatable bonds is 6. The fraction of sp³-hybridized carbons (Fsp3) is 0.750. The van der Waals surface area contributed by atoms with Crippen molar-refractivity contribution < 1.29 is 14.6 Å². The Morgan fingerprint density at radius 1 is 1.58 bits per heavy atom. The molecule has 7 nitrogen and oxygen atoms in total. The van der Waals surface area contributed by atoms with Crippen LogP contribution < -0.4 is 0 Å². The van der Waals surface area contributed by atoms with Gasteiger partial charge in [0, 0.05) is 19.7 Å². The predicted molar refractivity (Wildman–Crippen MR) is 68.1 cm³/mol. The highest BCUT2D eigenvalue weighted by atomic mass is 16.5. The molecule has 106 valence electrons. The summed E-state index contributed by atoms with van der Waals surface area (Å²) in [7, 11) is 0. The van der Waals surface area contributed by atoms with Crippen LogP contribution in [0.3, 0.4) is 0 Å². The van der Waals surface area contributed by atoms with Crippen LogP contribution in [-0.4, -0.2) is 63.3 Å². The largest absolute Gasteiger partial charge is 0.476 e. The van der Waals surface area contributed by atoms with E-state index in [1.807, 2.05) is 6.92 Å². The van der Waals surface area contributed by atoms with Crippen molar-refractivity contribution in [3.05, 3.63) is 11.9 Å². The summed E-state index contributed by atoms with van der Waals surface area (Å²) in [5, 5.41) is 16.2. The first-order chi connectivity index (χ1) is 9.19. The summed E-state index contributed by atoms with van der Waals surface area (Å²) >= 11 is 0. The number of hydrogen-bond acceptors (Lipinski definition) is 5. The van der Waals surface area contributed by atoms with Crippen LogP contribution in [0.15, 0.2) is 6.20 Å². The van der Waals surface area contributed by atoms with Crippen molar-refractivity contribution in [2.75, 3.05) is 26.2 Å². The summed E-state index contributed by atoms with van der Waals surface area (Å²) in [4.78, 5) is 13.0. The number of aromatic carboxylic acids is 1. The summed E-state index contributed by atoms with van der Waals surface area (Å²) in [6.45, 7) is 6.26. The van der Waals surface area contributed by atoms with Gasteiger partial charge < -0.3 is 9.84 Å². The summed E-state index contributed by atoms with van der Waals surface area (Å²) < 4.78 is 7.22. The molecule has 1 unspecified atom stereocenters. The standard InChI is InChI=1S/C12H20N4O3/c1-2-19-10-4-3-5-15(8-10)6-7-16-9-11(12(17)18)13-14-16/h9-10H,2-8H2,1H3,(H,17,18). The molecule has 0 amide bonds. The van der Waals surface area contributed by atoms with Crippen LogP contribution in [0.1, 0.15) is 30.3 Å². The third kappa shape index (κ3) is 4.00. The summed E-state index contributed by atoms with van der Waals surface area (Å²) in [6.07, 6.45) is 4.05. The van der Waals surface area contributed by atoms with Gasteiger partial charge in [0.05, 0.1) is 18.8 Å². The maximum absolute atomic E-state index is 10.7. The second-order valence-corrected chi connectivity index (χ2v) is 4.69. The third-order valence-corrected chi connectivity index (χ3v) is 3.27. The monoisotopic (exact) mass is 268 g/mol. The van der Waals surface area contributed by atoms with Gasteiger partial charge >= 0.3 is 5.97 Å². The molecule has 0 aromatic carbocycles. The quantitative estimate of drug-likeness (QED) is 0.808. The molecule has 0 bridgehead atoms. The van der Waals surface area contributed by atoms with Crippen LogP contribution in [0.25, 0.3) is 0 Å². The second-order valence-electron chi connectivity index (χ2n) is 4.69. The van der Waals surface area contributed by atoms with Gasteiger partial charge in [0.15, 0.2) is 5.69 Å². The fourth-order valence-electron chi connectivity index (χ4n) is 2.34. The average Bonchev–Trinajstić information content (AvgIpc) is 2.86. The van der Waals surface area contributed by atoms with E-state index in [0.29, 0.717) is 12.6 Å². The van der Waals surface area contributed by atoms with Crippen molar-refractivity contribution >= 4 is 5.97 Å². The summed E-state index contributed by atoms with van der Waals surface area (Å²) in [5.41, 5.74) is -0.00848. The van der Waals surface area contributed by atoms with Crippen molar-refractivity contribution in [1.82, 2.24) is 19.9 Å². The van der Waals surface area contributed by atoms with E-state index < -0.39 is 5.97 Å². The van der Waals surface area contributed by atoms with Crippen molar-refractivity contribution in [2.24, 2.45) is 0 Å². The normalized spacial score (nSPS) is 20.6. The molecule has 1 aromatic heterocycles. The third-order valence-electron chi connectivity index (χ3n) is 3.27. The molecule has 0 saturated carbocycles. The Morgan fingerprint density at radius 3 is 3.11 bits per heavy atom. The minimum absolute atomic E-state index is 0.00848. The SMILES string of the molecule is CCOC1CCCN(CCn2cc(C(=O)O)nn2)C1. The number of carboxylic acid groups (broad SMARTS) is 1. The van der Waals surface area contributed by atoms with Gasteiger partial charge in [0.2, 0.25) is 0 Å². The molecule has 1 fully saturated rings. The molecule has 1 aromatic rings. The second kappa shape index (κ2) is 6.63. The van der Waals surface area contributed by atoms with Gasteiger partial charge in [-0.25, -0.2) is 4.79 Å². The van der Waals surface area contributed by atoms with Crippen LogP contribution in [0.5, 0.6) is 0 Å². The Kier molecular flexibility index (Phi) is 4.86. The lowest BCUT2D eigenvalue weighted by Gasteiger charge is -2.32. The molecule has 7 heteroatoms. The van der Waals surface area contributed by atoms with Gasteiger partial charge in [0.1, 0.15) is 0 Å². The highest BCUT2D eigenvalue weighted by Crippen LogP contribution is 2.12. The maximum Gasteiger partial charge on any atom is 0.358 e. The number of ether oxygens (including phenoxy) is 1. The van der Waals surface area contributed by atoms with E-state index in [1.165, 1.54) is 6.20 Å². The number of likely N-dealkylation sites (tertiary alicyclic amines) is 1. The molecule has 2 heterocycles. The smallest absolute Gasteiger partial charge is 0.358 e. The first-order valence-corrected chi connectivity index (χ1v) is 6.66. The molecule has 1 atom stereocenters. The zero-order chi connectivity index (χ0) is 13.7. The van der Waals surface area contributed by atoms with Crippen molar-refractivity contribution in [3.63, 3.8) is 0 Å². The molecular weight excluding hydrogens is 248 g/mol. The Hall–Kier alpha value is -1.47. The molecule has 2 rings (SSSR count). The molecule has 0 radical (unpaired) electrons. The zero-order valence-electron chi connectivity index (χ0n) is 11.2. The summed E-state index contributed by atoms with van der Waals surface area (Å²) in [5.74, 6) is -1.04. The van der Waals surface area contributed by atoms with E-state index in [9.17, 15) is 4.79 Å². The van der Waals surface area contributed by atoms with Gasteiger partial charge in [-0.05, 0) is 26.3 Å². The lowest BCUT2D eigenvalue weighted by atomic mass is 10.1. The number of piperidine rings is 1. The molecule has 0 spiro atoms. The van der Waals surface area contributed by atoms with E-state index >= 15 is 0 Å². The van der Waals surface area contributed by atoms with Crippen LogP contribution in [0, 0.1) is 0 Å². The highest BCUT2D eigenvalue weighted by molar-refractivity contribution is 5.84. The predicted octanol–water partition coefficient (Wildman–Crippen LogP) is 0.477. The van der Waals surface area contributed by atoms with E-state index in [1.54, 1.807) is 4.68 Å². The van der Waals surface area contributed by atoms with Gasteiger partial charge in [-0.3, -0.25) is 9.58 Å². The van der Waals surface area contributed by atoms with E-state index in [2.05, 4.69) is 15.2 Å². The molecular formula is C12H20N4O3. The first kappa shape index (κ1) is 14.0. The molecule has 0 aliphatic carbocycles. The van der Waals surface area contributed by atoms with E-state index in [4.69, 9.17) is 9.84 Å². The Bertz CT molecular complexity index is 419. The number of hydrogen-bond donors (Lipinski definition) is 1. The highest BCUT2D eigenvalue weighted by Gasteiger charge is 2.19. The summed E-state index contributed by atoms with van der Waals surface area (Å²) in [6, 6.07) is 0. The fourth-order valence-corrected chi connectivity index (χ4v) is 2.34. The topological polar surface area (TPSA) is 80.5 Å². The number of carbonyl (C=O) groups is 1. The number of carboxylic acids is 1. The van der Waals surface area contributed by atoms with Crippen LogP contribution >= 0.6 is 0 Å².